The number of anilines is 1. The van der Waals surface area contributed by atoms with Crippen LogP contribution in [0.15, 0.2) is 34.9 Å². The quantitative estimate of drug-likeness (QED) is 0.929. The number of aromatic nitrogens is 1. The van der Waals surface area contributed by atoms with Crippen LogP contribution in [0.25, 0.3) is 0 Å². The molecule has 5 nitrogen and oxygen atoms in total. The van der Waals surface area contributed by atoms with Gasteiger partial charge in [0.2, 0.25) is 5.76 Å². The lowest BCUT2D eigenvalue weighted by Crippen LogP contribution is -2.11. The monoisotopic (exact) mass is 278 g/mol. The molecule has 0 aliphatic rings. The Morgan fingerprint density at radius 3 is 2.84 bits per heavy atom. The Labute approximate surface area is 113 Å². The lowest BCUT2D eigenvalue weighted by molar-refractivity contribution is 0.0988. The van der Waals surface area contributed by atoms with Crippen molar-refractivity contribution in [2.45, 2.75) is 12.7 Å². The van der Waals surface area contributed by atoms with Crippen LogP contribution in [-0.2, 0) is 16.6 Å². The highest BCUT2D eigenvalue weighted by molar-refractivity contribution is 7.83. The van der Waals surface area contributed by atoms with E-state index < -0.39 is 10.8 Å². The van der Waals surface area contributed by atoms with Crippen LogP contribution in [-0.4, -0.2) is 21.5 Å². The highest BCUT2D eigenvalue weighted by Gasteiger charge is 2.11. The summed E-state index contributed by atoms with van der Waals surface area (Å²) in [5.74, 6) is 0.280. The standard InChI is InChI=1S/C13H14N2O3S/c1-9-6-12(18-15-9)13(16)14-11-5-3-4-10(7-11)8-19(2)17/h3-7H,8H2,1-2H3,(H,14,16). The Hall–Kier alpha value is -1.95. The van der Waals surface area contributed by atoms with Crippen LogP contribution in [0.2, 0.25) is 0 Å². The molecule has 19 heavy (non-hydrogen) atoms. The summed E-state index contributed by atoms with van der Waals surface area (Å²) in [6, 6.07) is 8.81. The molecule has 0 bridgehead atoms. The van der Waals surface area contributed by atoms with Crippen molar-refractivity contribution in [3.05, 3.63) is 47.3 Å². The van der Waals surface area contributed by atoms with Crippen molar-refractivity contribution in [1.29, 1.82) is 0 Å². The molecule has 1 unspecified atom stereocenters. The Balaban J connectivity index is 2.10. The lowest BCUT2D eigenvalue weighted by atomic mass is 10.2. The topological polar surface area (TPSA) is 72.2 Å². The van der Waals surface area contributed by atoms with Gasteiger partial charge in [0.25, 0.3) is 5.91 Å². The van der Waals surface area contributed by atoms with E-state index in [1.165, 1.54) is 0 Å². The average molecular weight is 278 g/mol. The number of carbonyl (C=O) groups excluding carboxylic acids is 1. The summed E-state index contributed by atoms with van der Waals surface area (Å²) >= 11 is 0. The van der Waals surface area contributed by atoms with Crippen molar-refractivity contribution in [3.8, 4) is 0 Å². The van der Waals surface area contributed by atoms with E-state index in [1.807, 2.05) is 12.1 Å². The van der Waals surface area contributed by atoms with E-state index in [0.29, 0.717) is 17.1 Å². The molecule has 1 heterocycles. The largest absolute Gasteiger partial charge is 0.351 e. The molecule has 100 valence electrons. The second-order valence-electron chi connectivity index (χ2n) is 4.20. The smallest absolute Gasteiger partial charge is 0.294 e. The summed E-state index contributed by atoms with van der Waals surface area (Å²) in [5, 5.41) is 6.37. The van der Waals surface area contributed by atoms with Gasteiger partial charge in [-0.25, -0.2) is 0 Å². The molecule has 0 saturated carbocycles. The van der Waals surface area contributed by atoms with Gasteiger partial charge in [-0.05, 0) is 24.6 Å². The van der Waals surface area contributed by atoms with Gasteiger partial charge in [0, 0.05) is 34.6 Å². The van der Waals surface area contributed by atoms with Crippen LogP contribution >= 0.6 is 0 Å². The third-order valence-corrected chi connectivity index (χ3v) is 3.15. The summed E-state index contributed by atoms with van der Waals surface area (Å²) in [5.41, 5.74) is 2.20. The first-order valence-corrected chi connectivity index (χ1v) is 7.41. The maximum absolute atomic E-state index is 11.9. The van der Waals surface area contributed by atoms with Crippen molar-refractivity contribution in [3.63, 3.8) is 0 Å². The van der Waals surface area contributed by atoms with Crippen molar-refractivity contribution in [1.82, 2.24) is 5.16 Å². The van der Waals surface area contributed by atoms with Gasteiger partial charge in [0.15, 0.2) is 0 Å². The van der Waals surface area contributed by atoms with E-state index in [-0.39, 0.29) is 11.7 Å². The number of aryl methyl sites for hydroxylation is 1. The summed E-state index contributed by atoms with van der Waals surface area (Å²) in [6.45, 7) is 1.75. The third-order valence-electron chi connectivity index (χ3n) is 2.41. The molecular formula is C13H14N2O3S. The van der Waals surface area contributed by atoms with E-state index in [4.69, 9.17) is 4.52 Å². The molecule has 0 spiro atoms. The first kappa shape index (κ1) is 13.5. The Bertz CT molecular complexity index is 622. The molecule has 1 N–H and O–H groups in total. The first-order valence-electron chi connectivity index (χ1n) is 5.68. The molecule has 2 rings (SSSR count). The number of nitrogens with one attached hydrogen (secondary N) is 1. The summed E-state index contributed by atoms with van der Waals surface area (Å²) < 4.78 is 16.1. The maximum Gasteiger partial charge on any atom is 0.294 e. The minimum Gasteiger partial charge on any atom is -0.351 e. The fraction of sp³-hybridized carbons (Fsp3) is 0.231. The molecule has 1 aromatic carbocycles. The van der Waals surface area contributed by atoms with Gasteiger partial charge < -0.3 is 9.84 Å². The van der Waals surface area contributed by atoms with E-state index in [1.54, 1.807) is 31.4 Å². The molecule has 1 atom stereocenters. The van der Waals surface area contributed by atoms with Gasteiger partial charge in [-0.1, -0.05) is 17.3 Å². The van der Waals surface area contributed by atoms with Crippen LogP contribution in [0, 0.1) is 6.92 Å². The van der Waals surface area contributed by atoms with Crippen molar-refractivity contribution >= 4 is 22.4 Å². The number of hydrogen-bond acceptors (Lipinski definition) is 4. The fourth-order valence-electron chi connectivity index (χ4n) is 1.64. The van der Waals surface area contributed by atoms with Crippen molar-refractivity contribution < 1.29 is 13.5 Å². The fourth-order valence-corrected chi connectivity index (χ4v) is 2.29. The van der Waals surface area contributed by atoms with Gasteiger partial charge in [-0.2, -0.15) is 0 Å². The summed E-state index contributed by atoms with van der Waals surface area (Å²) in [6.07, 6.45) is 1.64. The minimum absolute atomic E-state index is 0.168. The number of hydrogen-bond donors (Lipinski definition) is 1. The molecule has 2 aromatic rings. The molecule has 0 aliphatic carbocycles. The SMILES string of the molecule is Cc1cc(C(=O)Nc2cccc(CS(C)=O)c2)on1. The Kier molecular flexibility index (Phi) is 4.11. The van der Waals surface area contributed by atoms with Gasteiger partial charge in [0.1, 0.15) is 0 Å². The van der Waals surface area contributed by atoms with E-state index >= 15 is 0 Å². The first-order chi connectivity index (χ1) is 9.04. The minimum atomic E-state index is -0.911. The van der Waals surface area contributed by atoms with Crippen molar-refractivity contribution in [2.75, 3.05) is 11.6 Å². The average Bonchev–Trinajstić information content (AvgIpc) is 2.75. The lowest BCUT2D eigenvalue weighted by Gasteiger charge is -2.05. The van der Waals surface area contributed by atoms with Gasteiger partial charge in [0.05, 0.1) is 5.69 Å². The van der Waals surface area contributed by atoms with Crippen molar-refractivity contribution in [2.24, 2.45) is 0 Å². The highest BCUT2D eigenvalue weighted by Crippen LogP contribution is 2.14. The predicted molar refractivity (Wildman–Crippen MR) is 73.4 cm³/mol. The number of amides is 1. The molecule has 0 fully saturated rings. The molecule has 6 heteroatoms. The molecular weight excluding hydrogens is 264 g/mol. The van der Waals surface area contributed by atoms with Crippen LogP contribution in [0.3, 0.4) is 0 Å². The Morgan fingerprint density at radius 2 is 2.21 bits per heavy atom. The molecule has 1 aromatic heterocycles. The highest BCUT2D eigenvalue weighted by atomic mass is 32.2. The molecule has 0 aliphatic heterocycles. The summed E-state index contributed by atoms with van der Waals surface area (Å²) in [7, 11) is -0.911. The molecule has 0 radical (unpaired) electrons. The number of carbonyl (C=O) groups is 1. The van der Waals surface area contributed by atoms with Crippen LogP contribution in [0.1, 0.15) is 21.8 Å². The molecule has 1 amide bonds. The predicted octanol–water partition coefficient (Wildman–Crippen LogP) is 2.11. The van der Waals surface area contributed by atoms with E-state index in [9.17, 15) is 9.00 Å². The normalized spacial score (nSPS) is 12.1. The van der Waals surface area contributed by atoms with Gasteiger partial charge >= 0.3 is 0 Å². The Morgan fingerprint density at radius 1 is 1.42 bits per heavy atom. The van der Waals surface area contributed by atoms with Crippen LogP contribution < -0.4 is 5.32 Å². The van der Waals surface area contributed by atoms with Crippen LogP contribution in [0.5, 0.6) is 0 Å². The molecule has 0 saturated heterocycles. The zero-order valence-electron chi connectivity index (χ0n) is 10.7. The summed E-state index contributed by atoms with van der Waals surface area (Å²) in [4.78, 5) is 11.9. The second-order valence-corrected chi connectivity index (χ2v) is 5.64. The second kappa shape index (κ2) is 5.79. The van der Waals surface area contributed by atoms with Gasteiger partial charge in [-0.3, -0.25) is 9.00 Å². The number of rotatable bonds is 4. The van der Waals surface area contributed by atoms with E-state index in [2.05, 4.69) is 10.5 Å². The number of nitrogens with zero attached hydrogens (tertiary/aromatic N) is 1. The van der Waals surface area contributed by atoms with Crippen LogP contribution in [0.4, 0.5) is 5.69 Å². The van der Waals surface area contributed by atoms with E-state index in [0.717, 1.165) is 5.56 Å². The maximum atomic E-state index is 11.9. The van der Waals surface area contributed by atoms with Gasteiger partial charge in [-0.15, -0.1) is 0 Å². The number of benzene rings is 1. The zero-order chi connectivity index (χ0) is 13.8. The zero-order valence-corrected chi connectivity index (χ0v) is 11.5. The third kappa shape index (κ3) is 3.75.